The number of halogens is 1. The zero-order valence-electron chi connectivity index (χ0n) is 10.5. The van der Waals surface area contributed by atoms with Crippen LogP contribution in [0.1, 0.15) is 32.6 Å². The maximum absolute atomic E-state index is 5.31. The van der Waals surface area contributed by atoms with Gasteiger partial charge in [-0.2, -0.15) is 0 Å². The molecule has 0 radical (unpaired) electrons. The van der Waals surface area contributed by atoms with Gasteiger partial charge >= 0.3 is 0 Å². The predicted molar refractivity (Wildman–Crippen MR) is 75.7 cm³/mol. The number of ether oxygens (including phenoxy) is 1. The van der Waals surface area contributed by atoms with Crippen LogP contribution >= 0.6 is 15.9 Å². The molecule has 1 aromatic rings. The van der Waals surface area contributed by atoms with Crippen molar-refractivity contribution in [2.24, 2.45) is 5.92 Å². The van der Waals surface area contributed by atoms with Crippen LogP contribution in [0.4, 0.5) is 5.69 Å². The Labute approximate surface area is 112 Å². The van der Waals surface area contributed by atoms with Crippen molar-refractivity contribution in [1.29, 1.82) is 0 Å². The SMILES string of the molecule is COc1cc(NC2CCCCC2C)ccc1Br. The largest absolute Gasteiger partial charge is 0.495 e. The normalized spacial score (nSPS) is 24.4. The van der Waals surface area contributed by atoms with E-state index < -0.39 is 0 Å². The Morgan fingerprint density at radius 3 is 2.76 bits per heavy atom. The maximum atomic E-state index is 5.31. The smallest absolute Gasteiger partial charge is 0.135 e. The quantitative estimate of drug-likeness (QED) is 0.890. The summed E-state index contributed by atoms with van der Waals surface area (Å²) in [7, 11) is 1.70. The molecule has 2 unspecified atom stereocenters. The van der Waals surface area contributed by atoms with Gasteiger partial charge in [-0.05, 0) is 46.8 Å². The monoisotopic (exact) mass is 297 g/mol. The summed E-state index contributed by atoms with van der Waals surface area (Å²) < 4.78 is 6.32. The lowest BCUT2D eigenvalue weighted by Gasteiger charge is -2.30. The lowest BCUT2D eigenvalue weighted by atomic mass is 9.86. The molecule has 2 nitrogen and oxygen atoms in total. The molecule has 1 aliphatic rings. The third kappa shape index (κ3) is 3.15. The highest BCUT2D eigenvalue weighted by Crippen LogP contribution is 2.31. The van der Waals surface area contributed by atoms with Gasteiger partial charge in [-0.1, -0.05) is 19.8 Å². The average molecular weight is 298 g/mol. The molecule has 0 heterocycles. The summed E-state index contributed by atoms with van der Waals surface area (Å²) in [6.07, 6.45) is 5.34. The van der Waals surface area contributed by atoms with E-state index in [1.165, 1.54) is 25.7 Å². The second kappa shape index (κ2) is 5.76. The van der Waals surface area contributed by atoms with E-state index in [4.69, 9.17) is 4.74 Å². The van der Waals surface area contributed by atoms with Gasteiger partial charge in [0.1, 0.15) is 5.75 Å². The molecule has 0 bridgehead atoms. The maximum Gasteiger partial charge on any atom is 0.135 e. The van der Waals surface area contributed by atoms with Crippen LogP contribution < -0.4 is 10.1 Å². The number of hydrogen-bond acceptors (Lipinski definition) is 2. The van der Waals surface area contributed by atoms with Crippen LogP contribution in [0, 0.1) is 5.92 Å². The van der Waals surface area contributed by atoms with Gasteiger partial charge in [-0.3, -0.25) is 0 Å². The number of hydrogen-bond donors (Lipinski definition) is 1. The topological polar surface area (TPSA) is 21.3 Å². The van der Waals surface area contributed by atoms with E-state index in [0.717, 1.165) is 21.8 Å². The molecule has 0 aromatic heterocycles. The van der Waals surface area contributed by atoms with E-state index in [2.05, 4.69) is 40.3 Å². The molecule has 17 heavy (non-hydrogen) atoms. The molecule has 0 saturated heterocycles. The number of benzene rings is 1. The van der Waals surface area contributed by atoms with Gasteiger partial charge in [0.25, 0.3) is 0 Å². The molecule has 0 spiro atoms. The minimum Gasteiger partial charge on any atom is -0.495 e. The number of methoxy groups -OCH3 is 1. The molecule has 2 rings (SSSR count). The molecule has 1 N–H and O–H groups in total. The van der Waals surface area contributed by atoms with Crippen LogP contribution in [0.25, 0.3) is 0 Å². The molecule has 0 aliphatic heterocycles. The number of anilines is 1. The van der Waals surface area contributed by atoms with Crippen molar-refractivity contribution in [3.05, 3.63) is 22.7 Å². The second-order valence-electron chi connectivity index (χ2n) is 4.86. The summed E-state index contributed by atoms with van der Waals surface area (Å²) in [6.45, 7) is 2.34. The van der Waals surface area contributed by atoms with E-state index in [0.29, 0.717) is 6.04 Å². The first-order chi connectivity index (χ1) is 8.20. The van der Waals surface area contributed by atoms with Crippen molar-refractivity contribution in [1.82, 2.24) is 0 Å². The van der Waals surface area contributed by atoms with Crippen LogP contribution in [0.15, 0.2) is 22.7 Å². The van der Waals surface area contributed by atoms with E-state index in [1.54, 1.807) is 7.11 Å². The number of nitrogens with one attached hydrogen (secondary N) is 1. The summed E-state index contributed by atoms with van der Waals surface area (Å²) in [5.74, 6) is 1.65. The van der Waals surface area contributed by atoms with E-state index in [-0.39, 0.29) is 0 Å². The fourth-order valence-electron chi connectivity index (χ4n) is 2.49. The summed E-state index contributed by atoms with van der Waals surface area (Å²) >= 11 is 3.47. The standard InChI is InChI=1S/C14H20BrNO/c1-10-5-3-4-6-13(10)16-11-7-8-12(15)14(9-11)17-2/h7-10,13,16H,3-6H2,1-2H3. The molecular formula is C14H20BrNO. The lowest BCUT2D eigenvalue weighted by Crippen LogP contribution is -2.30. The molecule has 1 saturated carbocycles. The summed E-state index contributed by atoms with van der Waals surface area (Å²) in [4.78, 5) is 0. The fourth-order valence-corrected chi connectivity index (χ4v) is 2.90. The van der Waals surface area contributed by atoms with E-state index >= 15 is 0 Å². The molecule has 1 aromatic carbocycles. The first-order valence-corrected chi connectivity index (χ1v) is 7.10. The third-order valence-corrected chi connectivity index (χ3v) is 4.27. The van der Waals surface area contributed by atoms with Gasteiger partial charge in [-0.25, -0.2) is 0 Å². The van der Waals surface area contributed by atoms with Gasteiger partial charge in [0.2, 0.25) is 0 Å². The number of rotatable bonds is 3. The molecule has 1 fully saturated rings. The van der Waals surface area contributed by atoms with Crippen molar-refractivity contribution < 1.29 is 4.74 Å². The Balaban J connectivity index is 2.07. The van der Waals surface area contributed by atoms with Gasteiger partial charge in [-0.15, -0.1) is 0 Å². The molecule has 94 valence electrons. The van der Waals surface area contributed by atoms with Crippen molar-refractivity contribution in [3.63, 3.8) is 0 Å². The summed E-state index contributed by atoms with van der Waals surface area (Å²) in [6, 6.07) is 6.81. The van der Waals surface area contributed by atoms with Crippen molar-refractivity contribution >= 4 is 21.6 Å². The highest BCUT2D eigenvalue weighted by atomic mass is 79.9. The third-order valence-electron chi connectivity index (χ3n) is 3.61. The Hall–Kier alpha value is -0.700. The summed E-state index contributed by atoms with van der Waals surface area (Å²) in [5, 5.41) is 3.63. The fraction of sp³-hybridized carbons (Fsp3) is 0.571. The van der Waals surface area contributed by atoms with Crippen LogP contribution in [0.2, 0.25) is 0 Å². The zero-order chi connectivity index (χ0) is 12.3. The second-order valence-corrected chi connectivity index (χ2v) is 5.72. The van der Waals surface area contributed by atoms with Crippen LogP contribution in [-0.4, -0.2) is 13.2 Å². The minimum atomic E-state index is 0.606. The van der Waals surface area contributed by atoms with Crippen LogP contribution in [-0.2, 0) is 0 Å². The molecule has 1 aliphatic carbocycles. The zero-order valence-corrected chi connectivity index (χ0v) is 12.1. The van der Waals surface area contributed by atoms with E-state index in [9.17, 15) is 0 Å². The Morgan fingerprint density at radius 2 is 2.06 bits per heavy atom. The van der Waals surface area contributed by atoms with Crippen molar-refractivity contribution in [3.8, 4) is 5.75 Å². The summed E-state index contributed by atoms with van der Waals surface area (Å²) in [5.41, 5.74) is 1.16. The molecular weight excluding hydrogens is 278 g/mol. The molecule has 3 heteroatoms. The molecule has 0 amide bonds. The van der Waals surface area contributed by atoms with E-state index in [1.807, 2.05) is 6.07 Å². The minimum absolute atomic E-state index is 0.606. The van der Waals surface area contributed by atoms with Crippen LogP contribution in [0.3, 0.4) is 0 Å². The first-order valence-electron chi connectivity index (χ1n) is 6.31. The lowest BCUT2D eigenvalue weighted by molar-refractivity contribution is 0.349. The molecule has 2 atom stereocenters. The highest BCUT2D eigenvalue weighted by molar-refractivity contribution is 9.10. The van der Waals surface area contributed by atoms with Gasteiger partial charge < -0.3 is 10.1 Å². The Kier molecular flexibility index (Phi) is 4.32. The Bertz CT molecular complexity index is 380. The highest BCUT2D eigenvalue weighted by Gasteiger charge is 2.21. The van der Waals surface area contributed by atoms with Gasteiger partial charge in [0, 0.05) is 17.8 Å². The average Bonchev–Trinajstić information content (AvgIpc) is 2.34. The first kappa shape index (κ1) is 12.7. The van der Waals surface area contributed by atoms with Crippen molar-refractivity contribution in [2.75, 3.05) is 12.4 Å². The van der Waals surface area contributed by atoms with Gasteiger partial charge in [0.05, 0.1) is 11.6 Å². The van der Waals surface area contributed by atoms with Crippen molar-refractivity contribution in [2.45, 2.75) is 38.6 Å². The van der Waals surface area contributed by atoms with Crippen LogP contribution in [0.5, 0.6) is 5.75 Å². The predicted octanol–water partition coefficient (Wildman–Crippen LogP) is 4.45. The van der Waals surface area contributed by atoms with Gasteiger partial charge in [0.15, 0.2) is 0 Å². The Morgan fingerprint density at radius 1 is 1.29 bits per heavy atom.